The third-order valence-corrected chi connectivity index (χ3v) is 8.49. The highest BCUT2D eigenvalue weighted by Crippen LogP contribution is 2.53. The normalized spacial score (nSPS) is 25.9. The monoisotopic (exact) mass is 559 g/mol. The van der Waals surface area contributed by atoms with Crippen LogP contribution in [0.1, 0.15) is 17.5 Å². The summed E-state index contributed by atoms with van der Waals surface area (Å²) in [5.74, 6) is -5.91. The second kappa shape index (κ2) is 8.98. The zero-order valence-electron chi connectivity index (χ0n) is 22.9. The molecule has 1 amide bonds. The predicted molar refractivity (Wildman–Crippen MR) is 148 cm³/mol. The van der Waals surface area contributed by atoms with Crippen LogP contribution in [0.4, 0.5) is 5.69 Å². The van der Waals surface area contributed by atoms with Crippen molar-refractivity contribution in [3.63, 3.8) is 0 Å². The summed E-state index contributed by atoms with van der Waals surface area (Å²) in [5.41, 5.74) is 4.92. The molecule has 0 saturated heterocycles. The Hall–Kier alpha value is -4.55. The van der Waals surface area contributed by atoms with Gasteiger partial charge in [0, 0.05) is 49.2 Å². The lowest BCUT2D eigenvalue weighted by molar-refractivity contribution is -0.153. The van der Waals surface area contributed by atoms with Crippen molar-refractivity contribution in [2.24, 2.45) is 17.6 Å². The molecule has 2 unspecified atom stereocenters. The van der Waals surface area contributed by atoms with Gasteiger partial charge in [0.2, 0.25) is 11.7 Å². The number of hydrogen-bond acceptors (Lipinski definition) is 11. The summed E-state index contributed by atoms with van der Waals surface area (Å²) in [7, 11) is 6.86. The number of carbonyl (C=O) groups is 3. The van der Waals surface area contributed by atoms with Gasteiger partial charge in [0.1, 0.15) is 22.6 Å². The van der Waals surface area contributed by atoms with Crippen molar-refractivity contribution in [1.29, 1.82) is 0 Å². The molecule has 6 rings (SSSR count). The summed E-state index contributed by atoms with van der Waals surface area (Å²) in [6, 6.07) is 4.20. The van der Waals surface area contributed by atoms with Gasteiger partial charge in [-0.1, -0.05) is 0 Å². The van der Waals surface area contributed by atoms with Crippen molar-refractivity contribution >= 4 is 40.0 Å². The van der Waals surface area contributed by atoms with Gasteiger partial charge in [-0.3, -0.25) is 24.3 Å². The van der Waals surface area contributed by atoms with Gasteiger partial charge in [0.25, 0.3) is 5.91 Å². The Morgan fingerprint density at radius 3 is 2.44 bits per heavy atom. The summed E-state index contributed by atoms with van der Waals surface area (Å²) in [5, 5.41) is 34.7. The minimum absolute atomic E-state index is 0.0648. The van der Waals surface area contributed by atoms with E-state index in [1.165, 1.54) is 4.90 Å². The first-order valence-corrected chi connectivity index (χ1v) is 13.1. The lowest BCUT2D eigenvalue weighted by Gasteiger charge is -2.50. The molecule has 41 heavy (non-hydrogen) atoms. The number of rotatable bonds is 4. The Bertz CT molecular complexity index is 1720. The number of aliphatic hydroxyl groups is 3. The molecule has 3 aromatic rings. The highest BCUT2D eigenvalue weighted by molar-refractivity contribution is 6.24. The molecule has 0 aliphatic heterocycles. The maximum atomic E-state index is 14.2. The minimum atomic E-state index is -2.65. The van der Waals surface area contributed by atoms with E-state index in [9.17, 15) is 29.7 Å². The number of carbonyl (C=O) groups excluding carboxylic acids is 3. The molecule has 12 heteroatoms. The van der Waals surface area contributed by atoms with E-state index in [4.69, 9.17) is 10.2 Å². The Morgan fingerprint density at radius 2 is 1.83 bits per heavy atom. The van der Waals surface area contributed by atoms with Crippen LogP contribution in [0.15, 0.2) is 51.9 Å². The molecule has 0 radical (unpaired) electrons. The molecule has 0 bridgehead atoms. The Morgan fingerprint density at radius 1 is 1.15 bits per heavy atom. The van der Waals surface area contributed by atoms with Crippen LogP contribution in [0, 0.1) is 11.8 Å². The number of pyridine rings is 1. The van der Waals surface area contributed by atoms with Crippen LogP contribution in [-0.2, 0) is 20.8 Å². The third-order valence-electron chi connectivity index (χ3n) is 8.49. The fraction of sp³-hybridized carbons (Fsp3) is 0.345. The number of anilines is 1. The number of nitrogens with zero attached hydrogens (tertiary/aromatic N) is 4. The summed E-state index contributed by atoms with van der Waals surface area (Å²) in [4.78, 5) is 51.6. The predicted octanol–water partition coefficient (Wildman–Crippen LogP) is 1.53. The molecule has 4 atom stereocenters. The van der Waals surface area contributed by atoms with E-state index in [1.807, 2.05) is 25.1 Å². The van der Waals surface area contributed by atoms with Gasteiger partial charge in [0.15, 0.2) is 17.0 Å². The van der Waals surface area contributed by atoms with Crippen LogP contribution in [0.2, 0.25) is 0 Å². The second-order valence-corrected chi connectivity index (χ2v) is 11.2. The zero-order valence-corrected chi connectivity index (χ0v) is 22.9. The second-order valence-electron chi connectivity index (χ2n) is 11.2. The first-order valence-electron chi connectivity index (χ1n) is 13.1. The fourth-order valence-electron chi connectivity index (χ4n) is 6.70. The lowest BCUT2D eigenvalue weighted by Crippen LogP contribution is -2.65. The van der Waals surface area contributed by atoms with Gasteiger partial charge in [0.05, 0.1) is 11.6 Å². The molecule has 12 nitrogen and oxygen atoms in total. The number of likely N-dealkylation sites (N-methyl/N-ethyl adjacent to an activating group) is 1. The average molecular weight is 560 g/mol. The van der Waals surface area contributed by atoms with Crippen molar-refractivity contribution in [3.8, 4) is 11.5 Å². The molecule has 2 aromatic heterocycles. The van der Waals surface area contributed by atoms with E-state index in [-0.39, 0.29) is 29.6 Å². The van der Waals surface area contributed by atoms with E-state index in [0.29, 0.717) is 22.5 Å². The highest BCUT2D eigenvalue weighted by atomic mass is 16.4. The van der Waals surface area contributed by atoms with Gasteiger partial charge >= 0.3 is 0 Å². The van der Waals surface area contributed by atoms with Gasteiger partial charge in [-0.15, -0.1) is 0 Å². The Balaban J connectivity index is 1.61. The van der Waals surface area contributed by atoms with Crippen molar-refractivity contribution in [1.82, 2.24) is 14.9 Å². The maximum Gasteiger partial charge on any atom is 0.255 e. The molecular weight excluding hydrogens is 530 g/mol. The number of aromatic nitrogens is 2. The standard InChI is InChI=1S/C29H29N5O7/c1-33(2)17-11-16-24(41-28(32-16)12-5-7-31-8-6-12)19-14(17)9-13-10-15-21(34(3)4)23(36)20(27(30)39)26(38)29(15,40)25(37)18(13)22(19)35/h5-8,11,13,15,21,35,38,40H,9-10H2,1-4H3,(H2,30,39)/t13?,15?,21-,29-/m0/s1. The number of amides is 1. The topological polar surface area (TPSA) is 183 Å². The smallest absolute Gasteiger partial charge is 0.255 e. The summed E-state index contributed by atoms with van der Waals surface area (Å²) in [6.07, 6.45) is 3.55. The van der Waals surface area contributed by atoms with E-state index in [1.54, 1.807) is 38.6 Å². The summed E-state index contributed by atoms with van der Waals surface area (Å²) >= 11 is 0. The molecule has 1 saturated carbocycles. The van der Waals surface area contributed by atoms with Gasteiger partial charge < -0.3 is 30.4 Å². The number of nitrogens with two attached hydrogens (primary N) is 1. The number of Topliss-reactive ketones (excluding diaryl/α,β-unsaturated/α-hetero) is 2. The largest absolute Gasteiger partial charge is 0.508 e. The quantitative estimate of drug-likeness (QED) is 0.340. The third kappa shape index (κ3) is 3.57. The van der Waals surface area contributed by atoms with Gasteiger partial charge in [-0.25, -0.2) is 4.98 Å². The van der Waals surface area contributed by atoms with Crippen LogP contribution in [0.5, 0.6) is 0 Å². The first-order chi connectivity index (χ1) is 19.4. The number of aliphatic hydroxyl groups excluding tert-OH is 2. The molecule has 3 aliphatic rings. The van der Waals surface area contributed by atoms with Gasteiger partial charge in [-0.2, -0.15) is 0 Å². The Labute approximate surface area is 234 Å². The molecule has 1 aromatic carbocycles. The number of hydrogen-bond donors (Lipinski definition) is 4. The number of oxazole rings is 1. The molecule has 212 valence electrons. The number of benzene rings is 1. The Kier molecular flexibility index (Phi) is 5.84. The van der Waals surface area contributed by atoms with Crippen LogP contribution in [0.25, 0.3) is 28.3 Å². The van der Waals surface area contributed by atoms with E-state index < -0.39 is 58.0 Å². The number of fused-ring (bicyclic) bond motifs is 5. The lowest BCUT2D eigenvalue weighted by atomic mass is 9.57. The summed E-state index contributed by atoms with van der Waals surface area (Å²) < 4.78 is 6.14. The minimum Gasteiger partial charge on any atom is -0.508 e. The molecule has 5 N–H and O–H groups in total. The average Bonchev–Trinajstić information content (AvgIpc) is 3.34. The van der Waals surface area contributed by atoms with Crippen molar-refractivity contribution in [2.45, 2.75) is 24.5 Å². The van der Waals surface area contributed by atoms with E-state index >= 15 is 0 Å². The van der Waals surface area contributed by atoms with Crippen molar-refractivity contribution in [2.75, 3.05) is 33.1 Å². The maximum absolute atomic E-state index is 14.2. The molecular formula is C29H29N5O7. The van der Waals surface area contributed by atoms with Gasteiger partial charge in [-0.05, 0) is 56.6 Å². The molecule has 3 aliphatic carbocycles. The SMILES string of the molecule is CN(C)c1cc2nc(-c3ccncc3)oc2c2c1CC1CC3[C@H](N(C)C)C(=O)C(C(N)=O)=C(O)[C@@]3(O)C(=O)C1=C2O. The van der Waals surface area contributed by atoms with Crippen LogP contribution in [-0.4, -0.2) is 87.5 Å². The van der Waals surface area contributed by atoms with Crippen molar-refractivity contribution in [3.05, 3.63) is 58.6 Å². The number of primary amides is 1. The molecule has 1 fully saturated rings. The van der Waals surface area contributed by atoms with E-state index in [0.717, 1.165) is 5.69 Å². The van der Waals surface area contributed by atoms with Crippen molar-refractivity contribution < 1.29 is 34.1 Å². The van der Waals surface area contributed by atoms with Crippen LogP contribution in [0.3, 0.4) is 0 Å². The first kappa shape index (κ1) is 26.7. The number of ketones is 2. The van der Waals surface area contributed by atoms with Crippen LogP contribution >= 0.6 is 0 Å². The molecule has 0 spiro atoms. The summed E-state index contributed by atoms with van der Waals surface area (Å²) in [6.45, 7) is 0. The zero-order chi connectivity index (χ0) is 29.5. The van der Waals surface area contributed by atoms with Crippen LogP contribution < -0.4 is 10.6 Å². The van der Waals surface area contributed by atoms with E-state index in [2.05, 4.69) is 9.97 Å². The molecule has 2 heterocycles. The fourth-order valence-corrected chi connectivity index (χ4v) is 6.70. The highest BCUT2D eigenvalue weighted by Gasteiger charge is 2.64.